The Hall–Kier alpha value is -2.60. The molecular weight excluding hydrogens is 447 g/mol. The molecule has 0 saturated carbocycles. The second kappa shape index (κ2) is 8.39. The molecule has 2 aliphatic rings. The number of carbonyl (C=O) groups is 1. The van der Waals surface area contributed by atoms with Gasteiger partial charge in [0.1, 0.15) is 0 Å². The van der Waals surface area contributed by atoms with E-state index >= 15 is 0 Å². The molecule has 1 saturated heterocycles. The van der Waals surface area contributed by atoms with E-state index in [1.165, 1.54) is 4.90 Å². The molecule has 8 nitrogen and oxygen atoms in total. The Morgan fingerprint density at radius 1 is 1.19 bits per heavy atom. The van der Waals surface area contributed by atoms with Gasteiger partial charge in [0, 0.05) is 44.5 Å². The lowest BCUT2D eigenvalue weighted by Crippen LogP contribution is -2.53. The Bertz CT molecular complexity index is 1110. The van der Waals surface area contributed by atoms with Crippen molar-refractivity contribution in [1.82, 2.24) is 24.3 Å². The lowest BCUT2D eigenvalue weighted by molar-refractivity contribution is -0.137. The highest BCUT2D eigenvalue weighted by Gasteiger charge is 2.35. The van der Waals surface area contributed by atoms with Crippen molar-refractivity contribution in [1.29, 1.82) is 0 Å². The molecule has 1 atom stereocenters. The fourth-order valence-corrected chi connectivity index (χ4v) is 5.68. The van der Waals surface area contributed by atoms with E-state index in [1.807, 2.05) is 11.7 Å². The topological polar surface area (TPSA) is 87.5 Å². The molecule has 0 spiro atoms. The fourth-order valence-electron chi connectivity index (χ4n) is 4.21. The number of carbonyl (C=O) groups excluding carboxylic acids is 1. The zero-order valence-electron chi connectivity index (χ0n) is 17.5. The number of alkyl halides is 3. The molecule has 4 rings (SSSR count). The van der Waals surface area contributed by atoms with Crippen molar-refractivity contribution in [2.45, 2.75) is 36.4 Å². The van der Waals surface area contributed by atoms with Crippen molar-refractivity contribution < 1.29 is 26.4 Å². The van der Waals surface area contributed by atoms with E-state index in [4.69, 9.17) is 0 Å². The fraction of sp³-hybridized carbons (Fsp3) is 0.500. The predicted molar refractivity (Wildman–Crippen MR) is 109 cm³/mol. The van der Waals surface area contributed by atoms with Gasteiger partial charge < -0.3 is 10.2 Å². The van der Waals surface area contributed by atoms with E-state index in [1.54, 1.807) is 6.20 Å². The van der Waals surface area contributed by atoms with Crippen LogP contribution >= 0.6 is 0 Å². The van der Waals surface area contributed by atoms with Gasteiger partial charge >= 0.3 is 12.2 Å². The number of nitrogens with zero attached hydrogens (tertiary/aromatic N) is 4. The second-order valence-electron chi connectivity index (χ2n) is 7.98. The van der Waals surface area contributed by atoms with E-state index < -0.39 is 26.7 Å². The Morgan fingerprint density at radius 3 is 2.59 bits per heavy atom. The summed E-state index contributed by atoms with van der Waals surface area (Å²) in [5, 5.41) is 7.27. The number of aromatic nitrogens is 2. The van der Waals surface area contributed by atoms with Gasteiger partial charge in [-0.3, -0.25) is 4.68 Å². The zero-order chi connectivity index (χ0) is 23.1. The standard InChI is InChI=1S/C20H24F3N5O3S/c1-26-18-7-3-6-17(16(18)13-24-26)25-19(29)27-8-10-28(11-9-27)32(30,31)15-5-2-4-14(12-15)20(21,22)23/h2,4-5,12-13,17H,3,6-11H2,1H3,(H,25,29). The van der Waals surface area contributed by atoms with E-state index in [0.717, 1.165) is 53.0 Å². The first-order valence-corrected chi connectivity index (χ1v) is 11.7. The molecule has 2 heterocycles. The number of nitrogens with one attached hydrogen (secondary N) is 1. The lowest BCUT2D eigenvalue weighted by Gasteiger charge is -2.35. The van der Waals surface area contributed by atoms with Crippen molar-refractivity contribution in [2.75, 3.05) is 26.2 Å². The van der Waals surface area contributed by atoms with Gasteiger partial charge in [0.2, 0.25) is 10.0 Å². The van der Waals surface area contributed by atoms with Gasteiger partial charge in [-0.15, -0.1) is 0 Å². The number of fused-ring (bicyclic) bond motifs is 1. The minimum atomic E-state index is -4.63. The first-order valence-electron chi connectivity index (χ1n) is 10.3. The molecule has 1 aromatic carbocycles. The maximum absolute atomic E-state index is 13.0. The summed E-state index contributed by atoms with van der Waals surface area (Å²) in [5.41, 5.74) is 1.08. The normalized spacial score (nSPS) is 20.1. The molecule has 0 radical (unpaired) electrons. The van der Waals surface area contributed by atoms with Gasteiger partial charge in [-0.05, 0) is 37.5 Å². The summed E-state index contributed by atoms with van der Waals surface area (Å²) >= 11 is 0. The van der Waals surface area contributed by atoms with E-state index in [9.17, 15) is 26.4 Å². The van der Waals surface area contributed by atoms with Crippen LogP contribution in [-0.4, -0.2) is 59.6 Å². The van der Waals surface area contributed by atoms with Crippen LogP contribution in [0.25, 0.3) is 0 Å². The quantitative estimate of drug-likeness (QED) is 0.745. The predicted octanol–water partition coefficient (Wildman–Crippen LogP) is 2.53. The minimum absolute atomic E-state index is 0.00874. The van der Waals surface area contributed by atoms with Gasteiger partial charge in [0.15, 0.2) is 0 Å². The number of sulfonamides is 1. The van der Waals surface area contributed by atoms with Gasteiger partial charge in [-0.25, -0.2) is 13.2 Å². The average molecular weight is 472 g/mol. The molecule has 1 aliphatic carbocycles. The summed E-state index contributed by atoms with van der Waals surface area (Å²) in [7, 11) is -2.23. The molecule has 1 unspecified atom stereocenters. The Kier molecular flexibility index (Phi) is 5.93. The van der Waals surface area contributed by atoms with E-state index in [2.05, 4.69) is 10.4 Å². The lowest BCUT2D eigenvalue weighted by atomic mass is 9.93. The van der Waals surface area contributed by atoms with Crippen molar-refractivity contribution in [3.05, 3.63) is 47.3 Å². The Labute approximate surface area is 184 Å². The summed E-state index contributed by atoms with van der Waals surface area (Å²) in [6, 6.07) is 3.27. The van der Waals surface area contributed by atoms with E-state index in [-0.39, 0.29) is 38.3 Å². The number of hydrogen-bond donors (Lipinski definition) is 1. The van der Waals surface area contributed by atoms with Crippen LogP contribution in [0.5, 0.6) is 0 Å². The third-order valence-corrected chi connectivity index (χ3v) is 7.89. The highest BCUT2D eigenvalue weighted by molar-refractivity contribution is 7.89. The Morgan fingerprint density at radius 2 is 1.91 bits per heavy atom. The molecule has 1 N–H and O–H groups in total. The van der Waals surface area contributed by atoms with Crippen molar-refractivity contribution in [3.63, 3.8) is 0 Å². The molecule has 0 bridgehead atoms. The highest BCUT2D eigenvalue weighted by Crippen LogP contribution is 2.32. The van der Waals surface area contributed by atoms with Gasteiger partial charge in [-0.1, -0.05) is 6.07 Å². The summed E-state index contributed by atoms with van der Waals surface area (Å²) in [6.45, 7) is 0.316. The summed E-state index contributed by atoms with van der Waals surface area (Å²) in [6.07, 6.45) is -0.228. The maximum atomic E-state index is 13.0. The first kappa shape index (κ1) is 22.6. The second-order valence-corrected chi connectivity index (χ2v) is 9.92. The van der Waals surface area contributed by atoms with Gasteiger partial charge in [0.05, 0.1) is 22.7 Å². The van der Waals surface area contributed by atoms with E-state index in [0.29, 0.717) is 6.07 Å². The van der Waals surface area contributed by atoms with Crippen molar-refractivity contribution in [3.8, 4) is 0 Å². The molecule has 1 fully saturated rings. The number of halogens is 3. The molecule has 2 amide bonds. The maximum Gasteiger partial charge on any atom is 0.416 e. The number of piperazine rings is 1. The van der Waals surface area contributed by atoms with Crippen LogP contribution < -0.4 is 5.32 Å². The smallest absolute Gasteiger partial charge is 0.331 e. The number of aryl methyl sites for hydroxylation is 1. The van der Waals surface area contributed by atoms with Crippen molar-refractivity contribution in [2.24, 2.45) is 7.05 Å². The van der Waals surface area contributed by atoms with Crippen LogP contribution in [-0.2, 0) is 29.7 Å². The van der Waals surface area contributed by atoms with Crippen LogP contribution in [0.1, 0.15) is 35.7 Å². The third kappa shape index (κ3) is 4.33. The third-order valence-electron chi connectivity index (χ3n) is 6.00. The van der Waals surface area contributed by atoms with Gasteiger partial charge in [0.25, 0.3) is 0 Å². The van der Waals surface area contributed by atoms with Crippen LogP contribution in [0.2, 0.25) is 0 Å². The molecule has 2 aromatic rings. The minimum Gasteiger partial charge on any atom is -0.331 e. The monoisotopic (exact) mass is 471 g/mol. The largest absolute Gasteiger partial charge is 0.416 e. The number of benzene rings is 1. The average Bonchev–Trinajstić information content (AvgIpc) is 3.15. The summed E-state index contributed by atoms with van der Waals surface area (Å²) in [4.78, 5) is 13.9. The number of amides is 2. The number of hydrogen-bond acceptors (Lipinski definition) is 4. The number of rotatable bonds is 3. The van der Waals surface area contributed by atoms with Crippen LogP contribution in [0.3, 0.4) is 0 Å². The zero-order valence-corrected chi connectivity index (χ0v) is 18.3. The molecular formula is C20H24F3N5O3S. The number of urea groups is 1. The molecule has 12 heteroatoms. The molecule has 32 heavy (non-hydrogen) atoms. The van der Waals surface area contributed by atoms with Crippen molar-refractivity contribution >= 4 is 16.1 Å². The highest BCUT2D eigenvalue weighted by atomic mass is 32.2. The van der Waals surface area contributed by atoms with Crippen LogP contribution in [0, 0.1) is 0 Å². The van der Waals surface area contributed by atoms with Gasteiger partial charge in [-0.2, -0.15) is 22.6 Å². The SMILES string of the molecule is Cn1ncc2c1CCCC2NC(=O)N1CCN(S(=O)(=O)c2cccc(C(F)(F)F)c2)CC1. The van der Waals surface area contributed by atoms with Crippen LogP contribution in [0.4, 0.5) is 18.0 Å². The summed E-state index contributed by atoms with van der Waals surface area (Å²) < 4.78 is 67.5. The molecule has 1 aromatic heterocycles. The molecule has 174 valence electrons. The first-order chi connectivity index (χ1) is 15.1. The van der Waals surface area contributed by atoms with Crippen LogP contribution in [0.15, 0.2) is 35.4 Å². The molecule has 1 aliphatic heterocycles. The Balaban J connectivity index is 1.39. The summed E-state index contributed by atoms with van der Waals surface area (Å²) in [5.74, 6) is 0.